The molecule has 0 aromatic heterocycles. The molecule has 9 rings (SSSR count). The summed E-state index contributed by atoms with van der Waals surface area (Å²) in [5.41, 5.74) is -0.809. The van der Waals surface area contributed by atoms with E-state index < -0.39 is 134 Å². The van der Waals surface area contributed by atoms with Crippen LogP contribution in [0.5, 0.6) is 0 Å². The maximum Gasteiger partial charge on any atom is 0.331 e. The number of rotatable bonds is 11. The lowest BCUT2D eigenvalue weighted by Gasteiger charge is -2.63. The fourth-order valence-corrected chi connectivity index (χ4v) is 14.7. The quantitative estimate of drug-likeness (QED) is 0.104. The van der Waals surface area contributed by atoms with Crippen molar-refractivity contribution < 1.29 is 97.8 Å². The molecule has 20 nitrogen and oxygen atoms in total. The molecule has 5 heterocycles. The van der Waals surface area contributed by atoms with E-state index in [1.54, 1.807) is 13.8 Å². The van der Waals surface area contributed by atoms with Gasteiger partial charge in [0.15, 0.2) is 25.2 Å². The van der Waals surface area contributed by atoms with Crippen LogP contribution in [0.2, 0.25) is 0 Å². The molecule has 3 unspecified atom stereocenters. The maximum absolute atomic E-state index is 12.6. The molecular formula is C49H76O20. The van der Waals surface area contributed by atoms with E-state index in [0.717, 1.165) is 50.5 Å². The summed E-state index contributed by atoms with van der Waals surface area (Å²) in [6.07, 6.45) is -10.8. The molecule has 4 saturated heterocycles. The third kappa shape index (κ3) is 9.59. The van der Waals surface area contributed by atoms with Gasteiger partial charge in [0.05, 0.1) is 54.9 Å². The van der Waals surface area contributed by atoms with Gasteiger partial charge < -0.3 is 88.2 Å². The molecule has 26 atom stereocenters. The molecule has 69 heavy (non-hydrogen) atoms. The molecule has 5 aliphatic heterocycles. The van der Waals surface area contributed by atoms with Crippen molar-refractivity contribution in [3.05, 3.63) is 11.6 Å². The number of aliphatic hydroxyl groups is 8. The van der Waals surface area contributed by atoms with Crippen LogP contribution in [0.3, 0.4) is 0 Å². The lowest BCUT2D eigenvalue weighted by Crippen LogP contribution is -2.62. The van der Waals surface area contributed by atoms with Crippen molar-refractivity contribution in [2.24, 2.45) is 34.5 Å². The highest BCUT2D eigenvalue weighted by atomic mass is 16.8. The third-order valence-corrected chi connectivity index (χ3v) is 18.2. The van der Waals surface area contributed by atoms with Crippen molar-refractivity contribution in [3.8, 4) is 0 Å². The first-order chi connectivity index (χ1) is 32.6. The van der Waals surface area contributed by atoms with E-state index in [2.05, 4.69) is 13.8 Å². The number of esters is 2. The second-order valence-electron chi connectivity index (χ2n) is 22.3. The van der Waals surface area contributed by atoms with Crippen LogP contribution in [0, 0.1) is 34.5 Å². The van der Waals surface area contributed by atoms with Crippen LogP contribution in [-0.4, -0.2) is 188 Å². The molecule has 9 aliphatic rings. The molecule has 0 aromatic rings. The number of cyclic esters (lactones) is 1. The Bertz CT molecular complexity index is 1850. The summed E-state index contributed by atoms with van der Waals surface area (Å²) in [5, 5.41) is 87.5. The van der Waals surface area contributed by atoms with Crippen LogP contribution in [0.1, 0.15) is 112 Å². The molecule has 0 bridgehead atoms. The zero-order valence-electron chi connectivity index (χ0n) is 40.5. The van der Waals surface area contributed by atoms with Gasteiger partial charge in [-0.15, -0.1) is 0 Å². The van der Waals surface area contributed by atoms with Gasteiger partial charge in [0.25, 0.3) is 0 Å². The Balaban J connectivity index is 0.749. The van der Waals surface area contributed by atoms with Crippen LogP contribution < -0.4 is 0 Å². The zero-order chi connectivity index (χ0) is 49.5. The molecule has 4 aliphatic carbocycles. The highest BCUT2D eigenvalue weighted by Gasteiger charge is 2.70. The SMILES string of the molecule is CC(=O)O[C@H]1C[C@H](O[C@H]2[C@@H](O)C[C@H](O[C@H]3[C@@H](O)C[C@H](O[C@H]4CC[C@@]5(C)C(CCC6C5CC[C@]5(C)[C@@H](C7=CC(=O)OC7)[C@@H](O)C[C@]65O)C4)O[C@@H]3C)O[C@@H]2C)O[C@H](C)[C@H]1O[C@@H]1O[C@H](CO)[C@@H](O)[C@H](O)[C@H]1O. The van der Waals surface area contributed by atoms with Crippen LogP contribution >= 0.6 is 0 Å². The molecule has 392 valence electrons. The fourth-order valence-electron chi connectivity index (χ4n) is 14.7. The van der Waals surface area contributed by atoms with Gasteiger partial charge in [0.1, 0.15) is 55.4 Å². The van der Waals surface area contributed by atoms with Crippen molar-refractivity contribution in [3.63, 3.8) is 0 Å². The highest BCUT2D eigenvalue weighted by molar-refractivity contribution is 5.85. The number of hydrogen-bond acceptors (Lipinski definition) is 20. The first kappa shape index (κ1) is 51.9. The van der Waals surface area contributed by atoms with Crippen molar-refractivity contribution >= 4 is 11.9 Å². The Labute approximate surface area is 402 Å². The van der Waals surface area contributed by atoms with E-state index in [-0.39, 0.29) is 55.2 Å². The van der Waals surface area contributed by atoms with Crippen molar-refractivity contribution in [1.82, 2.24) is 0 Å². The number of aliphatic hydroxyl groups excluding tert-OH is 7. The maximum atomic E-state index is 12.6. The lowest BCUT2D eigenvalue weighted by atomic mass is 9.43. The van der Waals surface area contributed by atoms with Gasteiger partial charge in [-0.2, -0.15) is 0 Å². The summed E-state index contributed by atoms with van der Waals surface area (Å²) in [6.45, 7) is 10.4. The number of ether oxygens (including phenoxy) is 10. The molecule has 8 N–H and O–H groups in total. The number of fused-ring (bicyclic) bond motifs is 5. The number of carbonyl (C=O) groups excluding carboxylic acids is 2. The summed E-state index contributed by atoms with van der Waals surface area (Å²) in [6, 6.07) is 0. The van der Waals surface area contributed by atoms with Crippen molar-refractivity contribution in [2.45, 2.75) is 234 Å². The Kier molecular flexibility index (Phi) is 15.1. The minimum absolute atomic E-state index is 0.000687. The Hall–Kier alpha value is -1.96. The normalized spacial score (nSPS) is 53.3. The number of hydrogen-bond donors (Lipinski definition) is 8. The smallest absolute Gasteiger partial charge is 0.331 e. The van der Waals surface area contributed by atoms with E-state index in [1.165, 1.54) is 13.0 Å². The minimum atomic E-state index is -1.68. The summed E-state index contributed by atoms with van der Waals surface area (Å²) in [7, 11) is 0. The van der Waals surface area contributed by atoms with E-state index in [1.807, 2.05) is 6.92 Å². The molecule has 0 radical (unpaired) electrons. The van der Waals surface area contributed by atoms with E-state index in [9.17, 15) is 50.4 Å². The Morgan fingerprint density at radius 3 is 1.93 bits per heavy atom. The Morgan fingerprint density at radius 1 is 0.710 bits per heavy atom. The largest absolute Gasteiger partial charge is 0.459 e. The fraction of sp³-hybridized carbons (Fsp3) is 0.918. The summed E-state index contributed by atoms with van der Waals surface area (Å²) >= 11 is 0. The van der Waals surface area contributed by atoms with Gasteiger partial charge in [-0.1, -0.05) is 13.8 Å². The third-order valence-electron chi connectivity index (χ3n) is 18.2. The predicted octanol–water partition coefficient (Wildman–Crippen LogP) is 0.613. The average molecular weight is 985 g/mol. The second kappa shape index (κ2) is 20.0. The van der Waals surface area contributed by atoms with Crippen LogP contribution in [0.25, 0.3) is 0 Å². The van der Waals surface area contributed by atoms with Gasteiger partial charge in [-0.05, 0) is 94.5 Å². The molecule has 8 fully saturated rings. The first-order valence-corrected chi connectivity index (χ1v) is 25.3. The van der Waals surface area contributed by atoms with Gasteiger partial charge in [-0.25, -0.2) is 4.79 Å². The topological polar surface area (TPSA) is 288 Å². The van der Waals surface area contributed by atoms with E-state index >= 15 is 0 Å². The molecular weight excluding hydrogens is 909 g/mol. The van der Waals surface area contributed by atoms with Crippen LogP contribution in [-0.2, 0) is 57.0 Å². The summed E-state index contributed by atoms with van der Waals surface area (Å²) in [4.78, 5) is 24.2. The zero-order valence-corrected chi connectivity index (χ0v) is 40.5. The molecule has 0 aromatic carbocycles. The van der Waals surface area contributed by atoms with Gasteiger partial charge in [0.2, 0.25) is 0 Å². The van der Waals surface area contributed by atoms with Crippen LogP contribution in [0.15, 0.2) is 11.6 Å². The lowest BCUT2D eigenvalue weighted by molar-refractivity contribution is -0.355. The van der Waals surface area contributed by atoms with Gasteiger partial charge >= 0.3 is 11.9 Å². The molecule has 20 heteroatoms. The van der Waals surface area contributed by atoms with E-state index in [4.69, 9.17) is 47.4 Å². The summed E-state index contributed by atoms with van der Waals surface area (Å²) < 4.78 is 60.1. The molecule has 4 saturated carbocycles. The van der Waals surface area contributed by atoms with Gasteiger partial charge in [-0.3, -0.25) is 4.79 Å². The van der Waals surface area contributed by atoms with Gasteiger partial charge in [0, 0.05) is 50.0 Å². The predicted molar refractivity (Wildman–Crippen MR) is 235 cm³/mol. The Morgan fingerprint density at radius 2 is 1.33 bits per heavy atom. The van der Waals surface area contributed by atoms with Crippen molar-refractivity contribution in [1.29, 1.82) is 0 Å². The van der Waals surface area contributed by atoms with Crippen LogP contribution in [0.4, 0.5) is 0 Å². The number of carbonyl (C=O) groups is 2. The van der Waals surface area contributed by atoms with E-state index in [0.29, 0.717) is 18.3 Å². The average Bonchev–Trinajstić information content (AvgIpc) is 3.79. The monoisotopic (exact) mass is 984 g/mol. The molecule has 0 spiro atoms. The first-order valence-electron chi connectivity index (χ1n) is 25.3. The second-order valence-corrected chi connectivity index (χ2v) is 22.3. The standard InChI is InChI=1S/C49H76O20/c1-21-43(67-37-16-31(53)44(22(2)62-37)68-38-17-33(64-24(4)51)45(23(3)63-38)69-46-42(58)41(57)40(56)34(19-50)66-46)30(52)15-36(61-21)65-27-9-11-47(5)26(14-27)7-8-29-28(47)10-12-48(6)39(25-13-35(55)60-20-25)32(54)18-49(29,48)59/h13,21-23,26-34,36-46,50,52-54,56-59H,7-12,14-20H2,1-6H3/t21-,22-,23-,26?,27+,28?,29?,30+,31+,32+,33+,34-,36+,37+,38+,39+,40-,41+,42-,43-,44-,45-,46+,47+,48-,49+/m1/s1. The highest BCUT2D eigenvalue weighted by Crippen LogP contribution is 2.70. The minimum Gasteiger partial charge on any atom is -0.459 e. The molecule has 0 amide bonds. The van der Waals surface area contributed by atoms with Crippen molar-refractivity contribution in [2.75, 3.05) is 13.2 Å². The summed E-state index contributed by atoms with van der Waals surface area (Å²) in [5.74, 6) is -0.609.